The van der Waals surface area contributed by atoms with Crippen LogP contribution in [0.5, 0.6) is 5.75 Å². The summed E-state index contributed by atoms with van der Waals surface area (Å²) in [5.41, 5.74) is 1.81. The maximum atomic E-state index is 12.6. The Balaban J connectivity index is 0.915. The Morgan fingerprint density at radius 2 is 1.74 bits per heavy atom. The van der Waals surface area contributed by atoms with Gasteiger partial charge in [0.1, 0.15) is 11.5 Å². The van der Waals surface area contributed by atoms with Gasteiger partial charge in [-0.05, 0) is 53.8 Å². The van der Waals surface area contributed by atoms with Gasteiger partial charge in [-0.2, -0.15) is 0 Å². The fourth-order valence-electron chi connectivity index (χ4n) is 6.83. The van der Waals surface area contributed by atoms with Gasteiger partial charge in [-0.15, -0.1) is 0 Å². The molecular formula is C39H45N5O6. The van der Waals surface area contributed by atoms with E-state index in [1.165, 1.54) is 18.6 Å². The van der Waals surface area contributed by atoms with E-state index in [0.29, 0.717) is 66.3 Å². The van der Waals surface area contributed by atoms with Crippen molar-refractivity contribution in [3.8, 4) is 5.75 Å². The van der Waals surface area contributed by atoms with Gasteiger partial charge < -0.3 is 40.7 Å². The van der Waals surface area contributed by atoms with Crippen molar-refractivity contribution in [1.82, 2.24) is 20.6 Å². The molecule has 0 radical (unpaired) electrons. The van der Waals surface area contributed by atoms with Gasteiger partial charge in [0, 0.05) is 62.1 Å². The molecule has 0 spiro atoms. The Morgan fingerprint density at radius 3 is 2.52 bits per heavy atom. The summed E-state index contributed by atoms with van der Waals surface area (Å²) in [5.74, 6) is 0.953. The number of oxazole rings is 1. The van der Waals surface area contributed by atoms with Crippen LogP contribution in [0.15, 0.2) is 94.3 Å². The number of H-pyrrole nitrogens is 1. The van der Waals surface area contributed by atoms with E-state index in [0.717, 1.165) is 36.8 Å². The smallest absolute Gasteiger partial charge is 0.248 e. The second-order valence-corrected chi connectivity index (χ2v) is 13.0. The van der Waals surface area contributed by atoms with Crippen LogP contribution in [0.1, 0.15) is 73.0 Å². The first-order chi connectivity index (χ1) is 24.3. The number of nitrogens with one attached hydrogen (secondary N) is 4. The van der Waals surface area contributed by atoms with Crippen LogP contribution in [0.3, 0.4) is 0 Å². The van der Waals surface area contributed by atoms with E-state index in [1.54, 1.807) is 18.3 Å². The number of aliphatic hydroxyl groups excluding tert-OH is 1. The number of aromatic nitrogens is 2. The molecule has 0 unspecified atom stereocenters. The van der Waals surface area contributed by atoms with E-state index >= 15 is 0 Å². The number of anilines is 1. The van der Waals surface area contributed by atoms with Crippen molar-refractivity contribution in [3.05, 3.63) is 124 Å². The van der Waals surface area contributed by atoms with Crippen molar-refractivity contribution in [2.24, 2.45) is 5.92 Å². The van der Waals surface area contributed by atoms with E-state index in [2.05, 4.69) is 25.9 Å². The quantitative estimate of drug-likeness (QED) is 0.0750. The summed E-state index contributed by atoms with van der Waals surface area (Å²) in [6.07, 6.45) is 6.98. The molecule has 1 saturated carbocycles. The zero-order valence-electron chi connectivity index (χ0n) is 28.0. The Morgan fingerprint density at radius 1 is 0.960 bits per heavy atom. The van der Waals surface area contributed by atoms with Crippen LogP contribution in [0.2, 0.25) is 0 Å². The molecule has 2 atom stereocenters. The number of phenolic OH excluding ortho intramolecular Hbond substituents is 1. The molecule has 50 heavy (non-hydrogen) atoms. The molecule has 5 aromatic rings. The van der Waals surface area contributed by atoms with Crippen LogP contribution in [-0.2, 0) is 23.4 Å². The third kappa shape index (κ3) is 8.31. The van der Waals surface area contributed by atoms with Gasteiger partial charge in [-0.3, -0.25) is 9.59 Å². The lowest BCUT2D eigenvalue weighted by molar-refractivity contribution is -0.116. The standard InChI is InChI=1S/C39H45N5O6/c45-33-17-15-31(32-16-18-35(47)44-37(32)33)34(46)25-41-23-26-11-13-29(14-12-26)43-36(48)20-22-40-21-19-30-24-42-38(50-30)39(49,27-7-3-1-4-8-27)28-9-5-2-6-10-28/h1,3-4,7-8,11-18,24,28,34,40-41,45-46,49H,2,5-6,9-10,19-23,25H2,(H,43,48)(H,44,47)/t34-,39-/m0/s1. The first-order valence-corrected chi connectivity index (χ1v) is 17.4. The molecule has 262 valence electrons. The van der Waals surface area contributed by atoms with Crippen LogP contribution < -0.4 is 21.5 Å². The summed E-state index contributed by atoms with van der Waals surface area (Å²) >= 11 is 0. The minimum absolute atomic E-state index is 0.0503. The molecule has 2 aromatic heterocycles. The number of fused-ring (bicyclic) bond motifs is 1. The lowest BCUT2D eigenvalue weighted by Crippen LogP contribution is -2.38. The number of phenols is 1. The Hall–Kier alpha value is -4.81. The first-order valence-electron chi connectivity index (χ1n) is 17.4. The van der Waals surface area contributed by atoms with Gasteiger partial charge in [-0.1, -0.05) is 67.8 Å². The van der Waals surface area contributed by atoms with Gasteiger partial charge in [0.05, 0.1) is 17.8 Å². The molecule has 0 bridgehead atoms. The molecule has 1 aliphatic carbocycles. The minimum atomic E-state index is -1.25. The number of amides is 1. The summed E-state index contributed by atoms with van der Waals surface area (Å²) in [5, 5.41) is 42.9. The summed E-state index contributed by atoms with van der Waals surface area (Å²) in [4.78, 5) is 31.4. The average molecular weight is 680 g/mol. The Kier molecular flexibility index (Phi) is 11.4. The number of aliphatic hydroxyl groups is 2. The minimum Gasteiger partial charge on any atom is -0.506 e. The van der Waals surface area contributed by atoms with E-state index in [-0.39, 0.29) is 29.7 Å². The average Bonchev–Trinajstić information content (AvgIpc) is 3.62. The van der Waals surface area contributed by atoms with Gasteiger partial charge >= 0.3 is 0 Å². The van der Waals surface area contributed by atoms with Crippen LogP contribution >= 0.6 is 0 Å². The maximum Gasteiger partial charge on any atom is 0.248 e. The second-order valence-electron chi connectivity index (χ2n) is 13.0. The van der Waals surface area contributed by atoms with Crippen molar-refractivity contribution in [1.29, 1.82) is 0 Å². The number of carbonyl (C=O) groups excluding carboxylic acids is 1. The highest BCUT2D eigenvalue weighted by Gasteiger charge is 2.44. The van der Waals surface area contributed by atoms with Gasteiger partial charge in [0.25, 0.3) is 0 Å². The van der Waals surface area contributed by atoms with Crippen molar-refractivity contribution >= 4 is 22.5 Å². The Bertz CT molecular complexity index is 1920. The van der Waals surface area contributed by atoms with Crippen molar-refractivity contribution in [2.75, 3.05) is 25.0 Å². The molecular weight excluding hydrogens is 634 g/mol. The first kappa shape index (κ1) is 35.0. The number of hydrogen-bond donors (Lipinski definition) is 7. The number of nitrogens with zero attached hydrogens (tertiary/aromatic N) is 1. The molecule has 11 heteroatoms. The Labute approximate surface area is 290 Å². The molecule has 2 heterocycles. The largest absolute Gasteiger partial charge is 0.506 e. The highest BCUT2D eigenvalue weighted by Crippen LogP contribution is 2.43. The van der Waals surface area contributed by atoms with Gasteiger partial charge in [-0.25, -0.2) is 4.98 Å². The molecule has 7 N–H and O–H groups in total. The van der Waals surface area contributed by atoms with Crippen LogP contribution in [-0.4, -0.2) is 50.8 Å². The molecule has 6 rings (SSSR count). The van der Waals surface area contributed by atoms with E-state index in [1.807, 2.05) is 54.6 Å². The number of rotatable bonds is 15. The van der Waals surface area contributed by atoms with Crippen molar-refractivity contribution < 1.29 is 24.5 Å². The predicted molar refractivity (Wildman–Crippen MR) is 192 cm³/mol. The molecule has 0 saturated heterocycles. The summed E-state index contributed by atoms with van der Waals surface area (Å²) < 4.78 is 6.14. The van der Waals surface area contributed by atoms with E-state index < -0.39 is 11.7 Å². The van der Waals surface area contributed by atoms with Crippen molar-refractivity contribution in [2.45, 2.75) is 63.2 Å². The zero-order chi connectivity index (χ0) is 34.9. The topological polar surface area (TPSA) is 173 Å². The summed E-state index contributed by atoms with van der Waals surface area (Å²) in [6.45, 7) is 1.87. The van der Waals surface area contributed by atoms with Crippen LogP contribution in [0.25, 0.3) is 10.9 Å². The van der Waals surface area contributed by atoms with E-state index in [9.17, 15) is 24.9 Å². The monoisotopic (exact) mass is 679 g/mol. The zero-order valence-corrected chi connectivity index (χ0v) is 28.0. The maximum absolute atomic E-state index is 12.6. The third-order valence-electron chi connectivity index (χ3n) is 9.54. The lowest BCUT2D eigenvalue weighted by atomic mass is 9.73. The molecule has 3 aromatic carbocycles. The SMILES string of the molecule is O=C(CCNCCc1cnc([C@](O)(c2ccccc2)C2CCCCC2)o1)Nc1ccc(CNC[C@H](O)c2ccc(O)c3[nH]c(=O)ccc23)cc1. The number of benzene rings is 3. The number of hydrogen-bond acceptors (Lipinski definition) is 9. The van der Waals surface area contributed by atoms with E-state index in [4.69, 9.17) is 4.42 Å². The number of aromatic hydroxyl groups is 1. The molecule has 1 amide bonds. The highest BCUT2D eigenvalue weighted by molar-refractivity contribution is 5.90. The second kappa shape index (κ2) is 16.3. The fraction of sp³-hybridized carbons (Fsp3) is 0.359. The molecule has 0 aliphatic heterocycles. The summed E-state index contributed by atoms with van der Waals surface area (Å²) in [7, 11) is 0. The fourth-order valence-corrected chi connectivity index (χ4v) is 6.83. The highest BCUT2D eigenvalue weighted by atomic mass is 16.4. The summed E-state index contributed by atoms with van der Waals surface area (Å²) in [6, 6.07) is 23.3. The van der Waals surface area contributed by atoms with Crippen molar-refractivity contribution in [3.63, 3.8) is 0 Å². The molecule has 1 fully saturated rings. The normalized spacial score (nSPS) is 15.5. The van der Waals surface area contributed by atoms with Crippen LogP contribution in [0, 0.1) is 5.92 Å². The number of aromatic amines is 1. The number of pyridine rings is 1. The predicted octanol–water partition coefficient (Wildman–Crippen LogP) is 5.02. The van der Waals surface area contributed by atoms with Gasteiger partial charge in [0.2, 0.25) is 17.4 Å². The molecule has 11 nitrogen and oxygen atoms in total. The van der Waals surface area contributed by atoms with Gasteiger partial charge in [0.15, 0.2) is 5.60 Å². The third-order valence-corrected chi connectivity index (χ3v) is 9.54. The number of carbonyl (C=O) groups is 1. The molecule has 1 aliphatic rings. The van der Waals surface area contributed by atoms with Crippen LogP contribution in [0.4, 0.5) is 5.69 Å². The lowest BCUT2D eigenvalue weighted by Gasteiger charge is -2.36.